The van der Waals surface area contributed by atoms with Crippen LogP contribution in [-0.4, -0.2) is 25.3 Å². The summed E-state index contributed by atoms with van der Waals surface area (Å²) in [4.78, 5) is 22.9. The van der Waals surface area contributed by atoms with E-state index in [4.69, 9.17) is 0 Å². The van der Waals surface area contributed by atoms with Crippen molar-refractivity contribution in [1.29, 1.82) is 0 Å². The zero-order valence-corrected chi connectivity index (χ0v) is 11.9. The topological polar surface area (TPSA) is 79.8 Å². The molecule has 0 saturated heterocycles. The molecule has 2 aromatic carbocycles. The molecule has 0 saturated carbocycles. The number of carbonyl (C=O) groups excluding carboxylic acids is 2. The van der Waals surface area contributed by atoms with Crippen LogP contribution in [0.2, 0.25) is 0 Å². The van der Waals surface area contributed by atoms with E-state index in [2.05, 4.69) is 20.6 Å². The molecule has 0 spiro atoms. The van der Waals surface area contributed by atoms with Crippen LogP contribution >= 0.6 is 0 Å². The van der Waals surface area contributed by atoms with E-state index >= 15 is 0 Å². The maximum Gasteiger partial charge on any atom is 0.339 e. The summed E-state index contributed by atoms with van der Waals surface area (Å²) >= 11 is 0. The summed E-state index contributed by atoms with van der Waals surface area (Å²) in [5.74, 6) is -0.399. The van der Waals surface area contributed by atoms with E-state index in [1.54, 1.807) is 36.4 Å². The predicted molar refractivity (Wildman–Crippen MR) is 84.0 cm³/mol. The fourth-order valence-corrected chi connectivity index (χ4v) is 1.67. The Hall–Kier alpha value is -3.15. The number of nitrogens with one attached hydrogen (secondary N) is 2. The SMILES string of the molecule is COC(=O)c1ccc(C=NNC(=O)Nc2ccccc2)cc1. The number of hydrogen-bond donors (Lipinski definition) is 2. The third-order valence-corrected chi connectivity index (χ3v) is 2.74. The summed E-state index contributed by atoms with van der Waals surface area (Å²) < 4.78 is 4.61. The molecule has 0 atom stereocenters. The Kier molecular flexibility index (Phi) is 5.25. The number of urea groups is 1. The maximum atomic E-state index is 11.6. The summed E-state index contributed by atoms with van der Waals surface area (Å²) in [5.41, 5.74) is 4.23. The highest BCUT2D eigenvalue weighted by Crippen LogP contribution is 2.05. The summed E-state index contributed by atoms with van der Waals surface area (Å²) in [6.07, 6.45) is 1.48. The number of anilines is 1. The average molecular weight is 297 g/mol. The third kappa shape index (κ3) is 4.45. The maximum absolute atomic E-state index is 11.6. The van der Waals surface area contributed by atoms with E-state index in [0.717, 1.165) is 5.56 Å². The first-order valence-electron chi connectivity index (χ1n) is 6.52. The molecule has 0 aromatic heterocycles. The lowest BCUT2D eigenvalue weighted by molar-refractivity contribution is 0.0600. The van der Waals surface area contributed by atoms with E-state index in [9.17, 15) is 9.59 Å². The van der Waals surface area contributed by atoms with Gasteiger partial charge in [-0.3, -0.25) is 0 Å². The van der Waals surface area contributed by atoms with Gasteiger partial charge in [0, 0.05) is 5.69 Å². The molecule has 2 N–H and O–H groups in total. The van der Waals surface area contributed by atoms with Gasteiger partial charge in [-0.15, -0.1) is 0 Å². The molecule has 0 radical (unpaired) electrons. The number of benzene rings is 2. The Morgan fingerprint density at radius 2 is 1.73 bits per heavy atom. The van der Waals surface area contributed by atoms with Crippen LogP contribution in [0.15, 0.2) is 59.7 Å². The van der Waals surface area contributed by atoms with Gasteiger partial charge in [0.25, 0.3) is 0 Å². The highest BCUT2D eigenvalue weighted by atomic mass is 16.5. The molecule has 0 aliphatic heterocycles. The van der Waals surface area contributed by atoms with Crippen LogP contribution in [-0.2, 0) is 4.74 Å². The van der Waals surface area contributed by atoms with Crippen LogP contribution in [0.5, 0.6) is 0 Å². The molecule has 6 heteroatoms. The van der Waals surface area contributed by atoms with E-state index in [1.807, 2.05) is 18.2 Å². The van der Waals surface area contributed by atoms with Crippen LogP contribution in [0.1, 0.15) is 15.9 Å². The quantitative estimate of drug-likeness (QED) is 0.517. The van der Waals surface area contributed by atoms with Gasteiger partial charge in [0.15, 0.2) is 0 Å². The molecule has 0 heterocycles. The third-order valence-electron chi connectivity index (χ3n) is 2.74. The lowest BCUT2D eigenvalue weighted by atomic mass is 10.1. The first-order chi connectivity index (χ1) is 10.7. The van der Waals surface area contributed by atoms with E-state index in [0.29, 0.717) is 11.3 Å². The monoisotopic (exact) mass is 297 g/mol. The number of methoxy groups -OCH3 is 1. The smallest absolute Gasteiger partial charge is 0.339 e. The molecule has 0 bridgehead atoms. The standard InChI is InChI=1S/C16H15N3O3/c1-22-15(20)13-9-7-12(8-10-13)11-17-19-16(21)18-14-5-3-2-4-6-14/h2-11H,1H3,(H2,18,19,21). The molecule has 0 unspecified atom stereocenters. The zero-order valence-electron chi connectivity index (χ0n) is 11.9. The van der Waals surface area contributed by atoms with Crippen molar-refractivity contribution in [3.63, 3.8) is 0 Å². The first-order valence-corrected chi connectivity index (χ1v) is 6.52. The Balaban J connectivity index is 1.87. The summed E-state index contributed by atoms with van der Waals surface area (Å²) in [6, 6.07) is 15.3. The van der Waals surface area contributed by atoms with Crippen LogP contribution < -0.4 is 10.7 Å². The van der Waals surface area contributed by atoms with Crippen LogP contribution in [0.25, 0.3) is 0 Å². The second-order valence-electron chi connectivity index (χ2n) is 4.30. The summed E-state index contributed by atoms with van der Waals surface area (Å²) in [5, 5.41) is 6.46. The number of rotatable bonds is 4. The van der Waals surface area contributed by atoms with Gasteiger partial charge in [-0.1, -0.05) is 30.3 Å². The van der Waals surface area contributed by atoms with Crippen molar-refractivity contribution in [1.82, 2.24) is 5.43 Å². The molecule has 112 valence electrons. The van der Waals surface area contributed by atoms with Gasteiger partial charge in [0.1, 0.15) is 0 Å². The van der Waals surface area contributed by atoms with Crippen molar-refractivity contribution in [2.24, 2.45) is 5.10 Å². The number of ether oxygens (including phenoxy) is 1. The Labute approximate surface area is 127 Å². The Morgan fingerprint density at radius 3 is 2.36 bits per heavy atom. The first kappa shape index (κ1) is 15.2. The lowest BCUT2D eigenvalue weighted by Crippen LogP contribution is -2.24. The van der Waals surface area contributed by atoms with Gasteiger partial charge in [-0.2, -0.15) is 5.10 Å². The van der Waals surface area contributed by atoms with E-state index < -0.39 is 12.0 Å². The summed E-state index contributed by atoms with van der Waals surface area (Å²) in [7, 11) is 1.33. The lowest BCUT2D eigenvalue weighted by Gasteiger charge is -2.03. The fraction of sp³-hybridized carbons (Fsp3) is 0.0625. The van der Waals surface area contributed by atoms with E-state index in [-0.39, 0.29) is 0 Å². The van der Waals surface area contributed by atoms with Crippen molar-refractivity contribution in [3.05, 3.63) is 65.7 Å². The normalized spacial score (nSPS) is 10.2. The zero-order chi connectivity index (χ0) is 15.8. The van der Waals surface area contributed by atoms with Crippen molar-refractivity contribution < 1.29 is 14.3 Å². The minimum Gasteiger partial charge on any atom is -0.465 e. The Bertz CT molecular complexity index is 667. The minimum atomic E-state index is -0.436. The van der Waals surface area contributed by atoms with Crippen molar-refractivity contribution in [2.75, 3.05) is 12.4 Å². The molecule has 0 aliphatic carbocycles. The van der Waals surface area contributed by atoms with Gasteiger partial charge < -0.3 is 10.1 Å². The highest BCUT2D eigenvalue weighted by Gasteiger charge is 2.03. The van der Waals surface area contributed by atoms with Gasteiger partial charge >= 0.3 is 12.0 Å². The van der Waals surface area contributed by atoms with Crippen LogP contribution in [0.4, 0.5) is 10.5 Å². The number of nitrogens with zero attached hydrogens (tertiary/aromatic N) is 1. The van der Waals surface area contributed by atoms with Gasteiger partial charge in [0.05, 0.1) is 18.9 Å². The largest absolute Gasteiger partial charge is 0.465 e. The number of esters is 1. The molecule has 2 amide bonds. The van der Waals surface area contributed by atoms with Crippen molar-refractivity contribution in [2.45, 2.75) is 0 Å². The second kappa shape index (κ2) is 7.58. The minimum absolute atomic E-state index is 0.399. The number of hydrazone groups is 1. The molecular formula is C16H15N3O3. The van der Waals surface area contributed by atoms with Gasteiger partial charge in [-0.25, -0.2) is 15.0 Å². The van der Waals surface area contributed by atoms with Crippen molar-refractivity contribution >= 4 is 23.9 Å². The molecule has 6 nitrogen and oxygen atoms in total. The highest BCUT2D eigenvalue weighted by molar-refractivity contribution is 5.92. The number of para-hydroxylation sites is 1. The molecule has 0 aliphatic rings. The van der Waals surface area contributed by atoms with Crippen LogP contribution in [0, 0.1) is 0 Å². The van der Waals surface area contributed by atoms with Crippen molar-refractivity contribution in [3.8, 4) is 0 Å². The predicted octanol–water partition coefficient (Wildman–Crippen LogP) is 2.63. The molecular weight excluding hydrogens is 282 g/mol. The number of amides is 2. The average Bonchev–Trinajstić information content (AvgIpc) is 2.55. The number of hydrogen-bond acceptors (Lipinski definition) is 4. The molecule has 2 rings (SSSR count). The Morgan fingerprint density at radius 1 is 1.05 bits per heavy atom. The van der Waals surface area contributed by atoms with Gasteiger partial charge in [0.2, 0.25) is 0 Å². The van der Waals surface area contributed by atoms with Crippen LogP contribution in [0.3, 0.4) is 0 Å². The van der Waals surface area contributed by atoms with E-state index in [1.165, 1.54) is 13.3 Å². The number of carbonyl (C=O) groups is 2. The summed E-state index contributed by atoms with van der Waals surface area (Å²) in [6.45, 7) is 0. The molecule has 22 heavy (non-hydrogen) atoms. The van der Waals surface area contributed by atoms with Gasteiger partial charge in [-0.05, 0) is 29.8 Å². The second-order valence-corrected chi connectivity index (χ2v) is 4.30. The molecule has 0 fully saturated rings. The fourth-order valence-electron chi connectivity index (χ4n) is 1.67. The molecule has 2 aromatic rings.